The van der Waals surface area contributed by atoms with Crippen LogP contribution in [0.2, 0.25) is 0 Å². The van der Waals surface area contributed by atoms with Gasteiger partial charge in [0.2, 0.25) is 10.0 Å². The number of para-hydroxylation sites is 2. The van der Waals surface area contributed by atoms with Crippen LogP contribution in [0, 0.1) is 0 Å². The van der Waals surface area contributed by atoms with Gasteiger partial charge in [-0.05, 0) is 40.2 Å². The molecule has 2 aromatic rings. The van der Waals surface area contributed by atoms with E-state index in [2.05, 4.69) is 26.5 Å². The van der Waals surface area contributed by atoms with Crippen molar-refractivity contribution in [2.24, 2.45) is 5.10 Å². The third-order valence-electron chi connectivity index (χ3n) is 3.45. The van der Waals surface area contributed by atoms with Gasteiger partial charge >= 0.3 is 0 Å². The van der Waals surface area contributed by atoms with Crippen LogP contribution in [0.1, 0.15) is 5.56 Å². The number of rotatable bonds is 7. The van der Waals surface area contributed by atoms with Crippen molar-refractivity contribution in [3.63, 3.8) is 0 Å². The van der Waals surface area contributed by atoms with E-state index in [0.29, 0.717) is 15.7 Å². The first-order chi connectivity index (χ1) is 12.7. The first-order valence-corrected chi connectivity index (χ1v) is 10.3. The molecular formula is C17H18BrN3O5S. The summed E-state index contributed by atoms with van der Waals surface area (Å²) in [7, 11) is -2.28. The van der Waals surface area contributed by atoms with Crippen molar-refractivity contribution in [3.05, 3.63) is 52.5 Å². The summed E-state index contributed by atoms with van der Waals surface area (Å²) in [5, 5.41) is 13.7. The van der Waals surface area contributed by atoms with Crippen LogP contribution < -0.4 is 14.5 Å². The van der Waals surface area contributed by atoms with E-state index in [1.165, 1.54) is 13.3 Å². The van der Waals surface area contributed by atoms with Gasteiger partial charge in [-0.25, -0.2) is 13.8 Å². The molecule has 0 aliphatic rings. The number of nitrogens with one attached hydrogen (secondary N) is 1. The third-order valence-corrected chi connectivity index (χ3v) is 5.25. The molecule has 0 atom stereocenters. The summed E-state index contributed by atoms with van der Waals surface area (Å²) in [5.74, 6) is -0.499. The molecule has 144 valence electrons. The SMILES string of the molecule is COc1cccc(/C=N\NC(=O)CN(c2ccccc2Br)S(C)(=O)=O)c1O. The summed E-state index contributed by atoms with van der Waals surface area (Å²) in [6, 6.07) is 11.5. The topological polar surface area (TPSA) is 108 Å². The van der Waals surface area contributed by atoms with Crippen molar-refractivity contribution in [2.75, 3.05) is 24.2 Å². The molecular weight excluding hydrogens is 438 g/mol. The van der Waals surface area contributed by atoms with Gasteiger partial charge in [0.25, 0.3) is 5.91 Å². The number of sulfonamides is 1. The maximum atomic E-state index is 12.1. The Hall–Kier alpha value is -2.59. The highest BCUT2D eigenvalue weighted by molar-refractivity contribution is 9.10. The Morgan fingerprint density at radius 2 is 2.00 bits per heavy atom. The number of hydrogen-bond acceptors (Lipinski definition) is 6. The molecule has 0 saturated heterocycles. The van der Waals surface area contributed by atoms with Gasteiger partial charge in [0.15, 0.2) is 11.5 Å². The van der Waals surface area contributed by atoms with Crippen molar-refractivity contribution in [1.82, 2.24) is 5.43 Å². The molecule has 2 rings (SSSR count). The van der Waals surface area contributed by atoms with Crippen LogP contribution in [0.25, 0.3) is 0 Å². The Kier molecular flexibility index (Phi) is 6.81. The molecule has 2 N–H and O–H groups in total. The van der Waals surface area contributed by atoms with Gasteiger partial charge in [-0.1, -0.05) is 18.2 Å². The average Bonchev–Trinajstić information content (AvgIpc) is 2.61. The lowest BCUT2D eigenvalue weighted by atomic mass is 10.2. The number of ether oxygens (including phenoxy) is 1. The molecule has 0 unspecified atom stereocenters. The van der Waals surface area contributed by atoms with Crippen molar-refractivity contribution in [2.45, 2.75) is 0 Å². The number of hydrazone groups is 1. The van der Waals surface area contributed by atoms with Crippen LogP contribution >= 0.6 is 15.9 Å². The zero-order valence-electron chi connectivity index (χ0n) is 14.6. The Bertz CT molecular complexity index is 963. The van der Waals surface area contributed by atoms with E-state index in [1.807, 2.05) is 0 Å². The first-order valence-electron chi connectivity index (χ1n) is 7.64. The van der Waals surface area contributed by atoms with Gasteiger partial charge in [0.05, 0.1) is 25.3 Å². The lowest BCUT2D eigenvalue weighted by molar-refractivity contribution is -0.119. The number of carbonyl (C=O) groups excluding carboxylic acids is 1. The maximum Gasteiger partial charge on any atom is 0.260 e. The molecule has 0 aliphatic heterocycles. The molecule has 2 aromatic carbocycles. The Morgan fingerprint density at radius 3 is 2.63 bits per heavy atom. The van der Waals surface area contributed by atoms with Gasteiger partial charge < -0.3 is 9.84 Å². The fourth-order valence-corrected chi connectivity index (χ4v) is 3.67. The van der Waals surface area contributed by atoms with Crippen molar-refractivity contribution in [3.8, 4) is 11.5 Å². The van der Waals surface area contributed by atoms with E-state index >= 15 is 0 Å². The fourth-order valence-electron chi connectivity index (χ4n) is 2.18. The van der Waals surface area contributed by atoms with Crippen molar-refractivity contribution in [1.29, 1.82) is 0 Å². The summed E-state index contributed by atoms with van der Waals surface area (Å²) in [4.78, 5) is 12.1. The number of benzene rings is 2. The van der Waals surface area contributed by atoms with Gasteiger partial charge in [-0.3, -0.25) is 9.10 Å². The monoisotopic (exact) mass is 455 g/mol. The molecule has 0 saturated carbocycles. The quantitative estimate of drug-likeness (QED) is 0.490. The largest absolute Gasteiger partial charge is 0.504 e. The molecule has 0 radical (unpaired) electrons. The Labute approximate surface area is 165 Å². The molecule has 0 aliphatic carbocycles. The fraction of sp³-hybridized carbons (Fsp3) is 0.176. The summed E-state index contributed by atoms with van der Waals surface area (Å²) < 4.78 is 30.6. The van der Waals surface area contributed by atoms with Gasteiger partial charge in [-0.2, -0.15) is 5.10 Å². The van der Waals surface area contributed by atoms with E-state index in [0.717, 1.165) is 10.6 Å². The number of carbonyl (C=O) groups is 1. The van der Waals surface area contributed by atoms with Crippen LogP contribution in [-0.4, -0.2) is 45.6 Å². The van der Waals surface area contributed by atoms with E-state index in [-0.39, 0.29) is 11.5 Å². The van der Waals surface area contributed by atoms with Crippen LogP contribution in [0.3, 0.4) is 0 Å². The number of anilines is 1. The van der Waals surface area contributed by atoms with Gasteiger partial charge in [0.1, 0.15) is 6.54 Å². The lowest BCUT2D eigenvalue weighted by Gasteiger charge is -2.22. The summed E-state index contributed by atoms with van der Waals surface area (Å²) in [6.45, 7) is -0.455. The Balaban J connectivity index is 2.12. The maximum absolute atomic E-state index is 12.1. The molecule has 10 heteroatoms. The van der Waals surface area contributed by atoms with E-state index in [4.69, 9.17) is 4.74 Å². The smallest absolute Gasteiger partial charge is 0.260 e. The van der Waals surface area contributed by atoms with Crippen molar-refractivity contribution < 1.29 is 23.1 Å². The second kappa shape index (κ2) is 8.87. The highest BCUT2D eigenvalue weighted by atomic mass is 79.9. The second-order valence-corrected chi connectivity index (χ2v) is 8.17. The van der Waals surface area contributed by atoms with Gasteiger partial charge in [-0.15, -0.1) is 0 Å². The molecule has 0 bridgehead atoms. The number of phenols is 1. The number of aromatic hydroxyl groups is 1. The molecule has 0 heterocycles. The molecule has 0 fully saturated rings. The molecule has 8 nitrogen and oxygen atoms in total. The molecule has 27 heavy (non-hydrogen) atoms. The number of halogens is 1. The minimum Gasteiger partial charge on any atom is -0.504 e. The minimum atomic E-state index is -3.69. The zero-order valence-corrected chi connectivity index (χ0v) is 17.0. The first kappa shape index (κ1) is 20.7. The number of methoxy groups -OCH3 is 1. The van der Waals surface area contributed by atoms with Crippen LogP contribution in [-0.2, 0) is 14.8 Å². The Morgan fingerprint density at radius 1 is 1.30 bits per heavy atom. The van der Waals surface area contributed by atoms with Crippen LogP contribution in [0.5, 0.6) is 11.5 Å². The third kappa shape index (κ3) is 5.44. The summed E-state index contributed by atoms with van der Waals surface area (Å²) in [5.41, 5.74) is 2.92. The number of nitrogens with zero attached hydrogens (tertiary/aromatic N) is 2. The molecule has 0 aromatic heterocycles. The number of hydrogen-bond donors (Lipinski definition) is 2. The highest BCUT2D eigenvalue weighted by Gasteiger charge is 2.22. The normalized spacial score (nSPS) is 11.4. The van der Waals surface area contributed by atoms with E-state index < -0.39 is 22.5 Å². The van der Waals surface area contributed by atoms with Crippen LogP contribution in [0.4, 0.5) is 5.69 Å². The van der Waals surface area contributed by atoms with Gasteiger partial charge in [0, 0.05) is 10.0 Å². The average molecular weight is 456 g/mol. The summed E-state index contributed by atoms with van der Waals surface area (Å²) >= 11 is 3.28. The summed E-state index contributed by atoms with van der Waals surface area (Å²) in [6.07, 6.45) is 2.25. The molecule has 1 amide bonds. The van der Waals surface area contributed by atoms with Crippen molar-refractivity contribution >= 4 is 43.8 Å². The zero-order chi connectivity index (χ0) is 20.0. The lowest BCUT2D eigenvalue weighted by Crippen LogP contribution is -2.39. The van der Waals surface area contributed by atoms with E-state index in [9.17, 15) is 18.3 Å². The predicted octanol–water partition coefficient (Wildman–Crippen LogP) is 2.08. The predicted molar refractivity (Wildman–Crippen MR) is 107 cm³/mol. The number of phenolic OH excluding ortho intramolecular Hbond substituents is 1. The standard InChI is InChI=1S/C17H18BrN3O5S/c1-26-15-9-5-6-12(17(15)23)10-19-20-16(22)11-21(27(2,24)25)14-8-4-3-7-13(14)18/h3-10,23H,11H2,1-2H3,(H,20,22)/b19-10-. The second-order valence-electron chi connectivity index (χ2n) is 5.41. The van der Waals surface area contributed by atoms with Crippen LogP contribution in [0.15, 0.2) is 52.0 Å². The number of amides is 1. The minimum absolute atomic E-state index is 0.121. The van der Waals surface area contributed by atoms with E-state index in [1.54, 1.807) is 42.5 Å². The molecule has 0 spiro atoms. The highest BCUT2D eigenvalue weighted by Crippen LogP contribution is 2.28.